The molecule has 2 N–H and O–H groups in total. The molecule has 1 unspecified atom stereocenters. The number of carbonyl (C=O) groups is 1. The quantitative estimate of drug-likeness (QED) is 0.823. The Bertz CT molecular complexity index is 511. The number of hydrogen-bond donors (Lipinski definition) is 1. The summed E-state index contributed by atoms with van der Waals surface area (Å²) in [4.78, 5) is 15.6. The molecule has 88 valence electrons. The van der Waals surface area contributed by atoms with Crippen molar-refractivity contribution in [3.8, 4) is 0 Å². The Morgan fingerprint density at radius 1 is 1.41 bits per heavy atom. The summed E-state index contributed by atoms with van der Waals surface area (Å²) in [6, 6.07) is 9.40. The van der Waals surface area contributed by atoms with Crippen LogP contribution in [-0.2, 0) is 11.8 Å². The van der Waals surface area contributed by atoms with Gasteiger partial charge in [-0.3, -0.25) is 4.79 Å². The molecule has 1 aromatic carbocycles. The summed E-state index contributed by atoms with van der Waals surface area (Å²) in [6.07, 6.45) is 1.45. The van der Waals surface area contributed by atoms with E-state index in [2.05, 4.69) is 10.1 Å². The molecule has 0 bridgehead atoms. The van der Waals surface area contributed by atoms with Crippen LogP contribution in [0.3, 0.4) is 0 Å². The molecule has 1 heterocycles. The third-order valence-electron chi connectivity index (χ3n) is 2.25. The van der Waals surface area contributed by atoms with Crippen LogP contribution in [0.4, 0.5) is 0 Å². The number of aromatic nitrogens is 3. The van der Waals surface area contributed by atoms with E-state index < -0.39 is 5.25 Å². The second-order valence-corrected chi connectivity index (χ2v) is 4.55. The predicted octanol–water partition coefficient (Wildman–Crippen LogP) is 1.13. The summed E-state index contributed by atoms with van der Waals surface area (Å²) in [5.74, 6) is -0.385. The monoisotopic (exact) mass is 248 g/mol. The number of thioether (sulfide) groups is 1. The van der Waals surface area contributed by atoms with Crippen LogP contribution in [0.1, 0.15) is 10.8 Å². The van der Waals surface area contributed by atoms with E-state index in [4.69, 9.17) is 5.73 Å². The Morgan fingerprint density at radius 3 is 2.65 bits per heavy atom. The smallest absolute Gasteiger partial charge is 0.235 e. The lowest BCUT2D eigenvalue weighted by Crippen LogP contribution is -2.19. The Labute approximate surface area is 103 Å². The molecule has 1 amide bonds. The van der Waals surface area contributed by atoms with Gasteiger partial charge in [-0.25, -0.2) is 9.67 Å². The fraction of sp³-hybridized carbons (Fsp3) is 0.182. The Hall–Kier alpha value is -1.82. The molecule has 0 aliphatic rings. The number of primary amides is 1. The van der Waals surface area contributed by atoms with Gasteiger partial charge in [0.15, 0.2) is 5.16 Å². The van der Waals surface area contributed by atoms with E-state index in [9.17, 15) is 4.79 Å². The largest absolute Gasteiger partial charge is 0.368 e. The van der Waals surface area contributed by atoms with Crippen LogP contribution in [0, 0.1) is 0 Å². The number of carbonyl (C=O) groups excluding carboxylic acids is 1. The number of aryl methyl sites for hydroxylation is 1. The molecule has 0 saturated carbocycles. The van der Waals surface area contributed by atoms with E-state index in [1.54, 1.807) is 11.7 Å². The van der Waals surface area contributed by atoms with Crippen molar-refractivity contribution in [3.05, 3.63) is 42.2 Å². The van der Waals surface area contributed by atoms with Gasteiger partial charge in [-0.15, -0.1) is 0 Å². The third kappa shape index (κ3) is 2.65. The maximum absolute atomic E-state index is 11.5. The lowest BCUT2D eigenvalue weighted by Gasteiger charge is -2.12. The molecule has 0 spiro atoms. The average molecular weight is 248 g/mol. The molecular weight excluding hydrogens is 236 g/mol. The highest BCUT2D eigenvalue weighted by molar-refractivity contribution is 8.00. The normalized spacial score (nSPS) is 12.3. The summed E-state index contributed by atoms with van der Waals surface area (Å²) in [5.41, 5.74) is 6.29. The van der Waals surface area contributed by atoms with Crippen molar-refractivity contribution in [2.45, 2.75) is 10.4 Å². The molecule has 1 atom stereocenters. The molecule has 2 rings (SSSR count). The number of rotatable bonds is 4. The molecule has 6 heteroatoms. The predicted molar refractivity (Wildman–Crippen MR) is 65.2 cm³/mol. The van der Waals surface area contributed by atoms with Crippen molar-refractivity contribution in [1.82, 2.24) is 14.8 Å². The summed E-state index contributed by atoms with van der Waals surface area (Å²) >= 11 is 1.30. The molecule has 2 aromatic rings. The standard InChI is InChI=1S/C11H12N4OS/c1-15-11(13-7-14-15)17-9(10(12)16)8-5-3-2-4-6-8/h2-7,9H,1H3,(H2,12,16). The molecule has 0 aliphatic heterocycles. The zero-order valence-electron chi connectivity index (χ0n) is 9.28. The number of nitrogens with two attached hydrogens (primary N) is 1. The minimum Gasteiger partial charge on any atom is -0.368 e. The van der Waals surface area contributed by atoms with E-state index in [-0.39, 0.29) is 5.91 Å². The van der Waals surface area contributed by atoms with Crippen LogP contribution in [0.2, 0.25) is 0 Å². The van der Waals surface area contributed by atoms with Gasteiger partial charge in [-0.05, 0) is 5.56 Å². The first-order chi connectivity index (χ1) is 8.18. The van der Waals surface area contributed by atoms with Crippen molar-refractivity contribution >= 4 is 17.7 Å². The summed E-state index contributed by atoms with van der Waals surface area (Å²) in [7, 11) is 1.78. The topological polar surface area (TPSA) is 73.8 Å². The van der Waals surface area contributed by atoms with Crippen LogP contribution >= 0.6 is 11.8 Å². The van der Waals surface area contributed by atoms with Gasteiger partial charge in [0.25, 0.3) is 0 Å². The van der Waals surface area contributed by atoms with Crippen molar-refractivity contribution in [3.63, 3.8) is 0 Å². The van der Waals surface area contributed by atoms with Crippen LogP contribution in [0.15, 0.2) is 41.8 Å². The number of hydrogen-bond acceptors (Lipinski definition) is 4. The van der Waals surface area contributed by atoms with E-state index in [1.807, 2.05) is 30.3 Å². The Kier molecular flexibility index (Phi) is 3.43. The molecule has 17 heavy (non-hydrogen) atoms. The average Bonchev–Trinajstić information content (AvgIpc) is 2.72. The zero-order chi connectivity index (χ0) is 12.3. The lowest BCUT2D eigenvalue weighted by molar-refractivity contribution is -0.117. The van der Waals surface area contributed by atoms with Gasteiger partial charge >= 0.3 is 0 Å². The van der Waals surface area contributed by atoms with E-state index in [0.717, 1.165) is 5.56 Å². The zero-order valence-corrected chi connectivity index (χ0v) is 10.1. The van der Waals surface area contributed by atoms with Crippen LogP contribution in [0.25, 0.3) is 0 Å². The minimum absolute atomic E-state index is 0.385. The van der Waals surface area contributed by atoms with Crippen LogP contribution in [0.5, 0.6) is 0 Å². The summed E-state index contributed by atoms with van der Waals surface area (Å²) < 4.78 is 1.61. The highest BCUT2D eigenvalue weighted by Gasteiger charge is 2.21. The summed E-state index contributed by atoms with van der Waals surface area (Å²) in [5, 5.41) is 4.17. The van der Waals surface area contributed by atoms with Crippen LogP contribution in [-0.4, -0.2) is 20.7 Å². The van der Waals surface area contributed by atoms with Crippen molar-refractivity contribution in [2.75, 3.05) is 0 Å². The van der Waals surface area contributed by atoms with Crippen molar-refractivity contribution < 1.29 is 4.79 Å². The second kappa shape index (κ2) is 5.01. The van der Waals surface area contributed by atoms with Gasteiger partial charge < -0.3 is 5.73 Å². The Morgan fingerprint density at radius 2 is 2.12 bits per heavy atom. The molecular formula is C11H12N4OS. The molecule has 0 fully saturated rings. The SMILES string of the molecule is Cn1ncnc1SC(C(N)=O)c1ccccc1. The molecule has 0 radical (unpaired) electrons. The van der Waals surface area contributed by atoms with Crippen molar-refractivity contribution in [1.29, 1.82) is 0 Å². The minimum atomic E-state index is -0.445. The van der Waals surface area contributed by atoms with E-state index >= 15 is 0 Å². The van der Waals surface area contributed by atoms with Gasteiger partial charge in [0, 0.05) is 7.05 Å². The van der Waals surface area contributed by atoms with E-state index in [0.29, 0.717) is 5.16 Å². The fourth-order valence-electron chi connectivity index (χ4n) is 1.42. The third-order valence-corrected chi connectivity index (χ3v) is 3.57. The maximum atomic E-state index is 11.5. The van der Waals surface area contributed by atoms with Gasteiger partial charge in [-0.2, -0.15) is 5.10 Å². The van der Waals surface area contributed by atoms with Gasteiger partial charge in [-0.1, -0.05) is 42.1 Å². The number of benzene rings is 1. The first-order valence-corrected chi connectivity index (χ1v) is 5.91. The molecule has 5 nitrogen and oxygen atoms in total. The van der Waals surface area contributed by atoms with Gasteiger partial charge in [0.2, 0.25) is 5.91 Å². The lowest BCUT2D eigenvalue weighted by atomic mass is 10.1. The van der Waals surface area contributed by atoms with Gasteiger partial charge in [0.1, 0.15) is 11.6 Å². The summed E-state index contributed by atoms with van der Waals surface area (Å²) in [6.45, 7) is 0. The first-order valence-electron chi connectivity index (χ1n) is 5.03. The maximum Gasteiger partial charge on any atom is 0.235 e. The molecule has 1 aromatic heterocycles. The number of nitrogens with zero attached hydrogens (tertiary/aromatic N) is 3. The van der Waals surface area contributed by atoms with E-state index in [1.165, 1.54) is 18.1 Å². The highest BCUT2D eigenvalue weighted by atomic mass is 32.2. The second-order valence-electron chi connectivity index (χ2n) is 3.48. The van der Waals surface area contributed by atoms with Crippen molar-refractivity contribution in [2.24, 2.45) is 12.8 Å². The number of amides is 1. The molecule has 0 aliphatic carbocycles. The van der Waals surface area contributed by atoms with Crippen LogP contribution < -0.4 is 5.73 Å². The first kappa shape index (κ1) is 11.7. The highest BCUT2D eigenvalue weighted by Crippen LogP contribution is 2.33. The molecule has 0 saturated heterocycles. The Balaban J connectivity index is 2.26. The fourth-order valence-corrected chi connectivity index (χ4v) is 2.34. The van der Waals surface area contributed by atoms with Gasteiger partial charge in [0.05, 0.1) is 0 Å².